The number of methoxy groups -OCH3 is 1. The number of piperidine rings is 1. The van der Waals surface area contributed by atoms with E-state index in [1.54, 1.807) is 7.11 Å². The number of hydrogen-bond donors (Lipinski definition) is 3. The summed E-state index contributed by atoms with van der Waals surface area (Å²) in [6.45, 7) is 4.39. The molecule has 28 heavy (non-hydrogen) atoms. The van der Waals surface area contributed by atoms with Crippen LogP contribution in [0.25, 0.3) is 0 Å². The van der Waals surface area contributed by atoms with Gasteiger partial charge < -0.3 is 29.7 Å². The van der Waals surface area contributed by atoms with Crippen LogP contribution in [0.1, 0.15) is 23.1 Å². The van der Waals surface area contributed by atoms with Crippen molar-refractivity contribution in [2.24, 2.45) is 0 Å². The number of carbonyl (C=O) groups is 2. The number of aryl methyl sites for hydroxylation is 1. The highest BCUT2D eigenvalue weighted by atomic mass is 16.7. The zero-order chi connectivity index (χ0) is 20.3. The van der Waals surface area contributed by atoms with Crippen molar-refractivity contribution in [1.82, 2.24) is 5.32 Å². The van der Waals surface area contributed by atoms with Crippen LogP contribution in [0.3, 0.4) is 0 Å². The van der Waals surface area contributed by atoms with E-state index in [0.29, 0.717) is 25.0 Å². The van der Waals surface area contributed by atoms with Crippen LogP contribution in [-0.2, 0) is 30.9 Å². The van der Waals surface area contributed by atoms with Crippen molar-refractivity contribution in [3.05, 3.63) is 41.0 Å². The van der Waals surface area contributed by atoms with Gasteiger partial charge in [0.15, 0.2) is 0 Å². The molecular formula is C20H25NO7. The van der Waals surface area contributed by atoms with Gasteiger partial charge in [0.1, 0.15) is 12.5 Å². The Balaban J connectivity index is 0.000000242. The first-order valence-corrected chi connectivity index (χ1v) is 9.12. The third-order valence-electron chi connectivity index (χ3n) is 5.59. The van der Waals surface area contributed by atoms with Crippen LogP contribution in [0.5, 0.6) is 5.75 Å². The van der Waals surface area contributed by atoms with Gasteiger partial charge in [0.2, 0.25) is 0 Å². The van der Waals surface area contributed by atoms with Gasteiger partial charge in [-0.3, -0.25) is 0 Å². The predicted molar refractivity (Wildman–Crippen MR) is 99.6 cm³/mol. The molecule has 3 N–H and O–H groups in total. The van der Waals surface area contributed by atoms with Crippen molar-refractivity contribution in [2.45, 2.75) is 37.3 Å². The molecule has 1 aromatic carbocycles. The molecule has 8 nitrogen and oxygen atoms in total. The summed E-state index contributed by atoms with van der Waals surface area (Å²) in [6, 6.07) is 4.75. The molecule has 152 valence electrons. The number of fused-ring (bicyclic) bond motifs is 1. The summed E-state index contributed by atoms with van der Waals surface area (Å²) >= 11 is 0. The molecule has 0 amide bonds. The maximum atomic E-state index is 9.55. The topological polar surface area (TPSA) is 114 Å². The summed E-state index contributed by atoms with van der Waals surface area (Å²) in [6.07, 6.45) is 3.44. The van der Waals surface area contributed by atoms with Crippen molar-refractivity contribution in [3.63, 3.8) is 0 Å². The second kappa shape index (κ2) is 8.30. The second-order valence-corrected chi connectivity index (χ2v) is 7.20. The van der Waals surface area contributed by atoms with Crippen LogP contribution in [0.4, 0.5) is 0 Å². The minimum absolute atomic E-state index is 0.00104. The summed E-state index contributed by atoms with van der Waals surface area (Å²) < 4.78 is 17.2. The maximum Gasteiger partial charge on any atom is 0.328 e. The number of rotatable bonds is 3. The van der Waals surface area contributed by atoms with Crippen LogP contribution in [-0.4, -0.2) is 61.4 Å². The molecule has 1 aromatic rings. The molecule has 2 bridgehead atoms. The van der Waals surface area contributed by atoms with Crippen molar-refractivity contribution < 1.29 is 34.0 Å². The van der Waals surface area contributed by atoms with Crippen LogP contribution in [0, 0.1) is 6.92 Å². The van der Waals surface area contributed by atoms with Gasteiger partial charge in [0.25, 0.3) is 0 Å². The SMILES string of the molecule is COc1cc(C)c2c(c1)[C@]13CCN[C@H](C2)[C@@H]1OCOC3.O=C(O)/C=C/C(=O)O. The number of benzene rings is 1. The smallest absolute Gasteiger partial charge is 0.328 e. The zero-order valence-electron chi connectivity index (χ0n) is 15.9. The molecule has 2 aliphatic heterocycles. The van der Waals surface area contributed by atoms with Gasteiger partial charge in [0.05, 0.1) is 19.8 Å². The Kier molecular flexibility index (Phi) is 6.02. The molecule has 3 atom stereocenters. The summed E-state index contributed by atoms with van der Waals surface area (Å²) in [7, 11) is 1.73. The molecule has 8 heteroatoms. The van der Waals surface area contributed by atoms with Gasteiger partial charge in [-0.15, -0.1) is 0 Å². The molecule has 0 radical (unpaired) electrons. The van der Waals surface area contributed by atoms with E-state index in [2.05, 4.69) is 24.4 Å². The first-order chi connectivity index (χ1) is 13.4. The predicted octanol–water partition coefficient (Wildman–Crippen LogP) is 1.24. The summed E-state index contributed by atoms with van der Waals surface area (Å²) in [5.74, 6) is -1.57. The largest absolute Gasteiger partial charge is 0.497 e. The van der Waals surface area contributed by atoms with E-state index in [1.165, 1.54) is 16.7 Å². The number of ether oxygens (including phenoxy) is 3. The van der Waals surface area contributed by atoms with E-state index in [0.717, 1.165) is 31.7 Å². The monoisotopic (exact) mass is 391 g/mol. The molecule has 1 aliphatic carbocycles. The van der Waals surface area contributed by atoms with Gasteiger partial charge in [-0.2, -0.15) is 0 Å². The second-order valence-electron chi connectivity index (χ2n) is 7.20. The van der Waals surface area contributed by atoms with Crippen molar-refractivity contribution >= 4 is 11.9 Å². The van der Waals surface area contributed by atoms with Crippen LogP contribution in [0.15, 0.2) is 24.3 Å². The Morgan fingerprint density at radius 1 is 1.29 bits per heavy atom. The van der Waals surface area contributed by atoms with E-state index >= 15 is 0 Å². The van der Waals surface area contributed by atoms with Gasteiger partial charge in [-0.1, -0.05) is 0 Å². The first kappa shape index (κ1) is 20.3. The van der Waals surface area contributed by atoms with Gasteiger partial charge >= 0.3 is 11.9 Å². The number of nitrogens with one attached hydrogen (secondary N) is 1. The average Bonchev–Trinajstić information content (AvgIpc) is 2.67. The minimum Gasteiger partial charge on any atom is -0.497 e. The molecule has 2 heterocycles. The third kappa shape index (κ3) is 3.89. The quantitative estimate of drug-likeness (QED) is 0.660. The minimum atomic E-state index is -1.26. The van der Waals surface area contributed by atoms with Gasteiger partial charge in [0, 0.05) is 23.6 Å². The summed E-state index contributed by atoms with van der Waals surface area (Å²) in [5.41, 5.74) is 4.16. The number of carboxylic acids is 2. The molecule has 2 saturated heterocycles. The Labute approximate surface area is 163 Å². The fourth-order valence-electron chi connectivity index (χ4n) is 4.41. The van der Waals surface area contributed by atoms with Crippen LogP contribution >= 0.6 is 0 Å². The molecular weight excluding hydrogens is 366 g/mol. The van der Waals surface area contributed by atoms with Crippen molar-refractivity contribution in [1.29, 1.82) is 0 Å². The molecule has 2 fully saturated rings. The standard InChI is InChI=1S/C16H21NO3.C4H4O4/c1-10-5-11(18-2)6-13-12(10)7-14-15-16(13,3-4-17-14)8-19-9-20-15;5-3(6)1-2-4(7)8/h5-6,14-15,17H,3-4,7-9H2,1-2H3;1-2H,(H,5,6)(H,7,8)/b;2-1+/t14-,15+,16-;/m1./s1. The fraction of sp³-hybridized carbons (Fsp3) is 0.500. The average molecular weight is 391 g/mol. The lowest BCUT2D eigenvalue weighted by Crippen LogP contribution is -2.66. The van der Waals surface area contributed by atoms with E-state index in [9.17, 15) is 9.59 Å². The Morgan fingerprint density at radius 2 is 2.00 bits per heavy atom. The fourth-order valence-corrected chi connectivity index (χ4v) is 4.41. The first-order valence-electron chi connectivity index (χ1n) is 9.12. The normalized spacial score (nSPS) is 27.8. The molecule has 0 spiro atoms. The zero-order valence-corrected chi connectivity index (χ0v) is 15.9. The van der Waals surface area contributed by atoms with Crippen LogP contribution < -0.4 is 10.1 Å². The number of aliphatic carboxylic acids is 2. The summed E-state index contributed by atoms with van der Waals surface area (Å²) in [5, 5.41) is 19.3. The van der Waals surface area contributed by atoms with Crippen molar-refractivity contribution in [3.8, 4) is 5.75 Å². The molecule has 0 aromatic heterocycles. The van der Waals surface area contributed by atoms with Gasteiger partial charge in [-0.05, 0) is 55.1 Å². The van der Waals surface area contributed by atoms with Crippen LogP contribution in [0.2, 0.25) is 0 Å². The highest BCUT2D eigenvalue weighted by Gasteiger charge is 2.54. The van der Waals surface area contributed by atoms with Crippen molar-refractivity contribution in [2.75, 3.05) is 27.1 Å². The highest BCUT2D eigenvalue weighted by Crippen LogP contribution is 2.47. The number of carboxylic acid groups (broad SMARTS) is 2. The Morgan fingerprint density at radius 3 is 2.64 bits per heavy atom. The van der Waals surface area contributed by atoms with E-state index in [4.69, 9.17) is 24.4 Å². The lowest BCUT2D eigenvalue weighted by atomic mass is 9.62. The lowest BCUT2D eigenvalue weighted by Gasteiger charge is -2.54. The third-order valence-corrected chi connectivity index (χ3v) is 5.59. The molecule has 0 unspecified atom stereocenters. The van der Waals surface area contributed by atoms with E-state index < -0.39 is 11.9 Å². The van der Waals surface area contributed by atoms with Gasteiger partial charge in [-0.25, -0.2) is 9.59 Å². The lowest BCUT2D eigenvalue weighted by molar-refractivity contribution is -0.204. The molecule has 3 aliphatic rings. The van der Waals surface area contributed by atoms with E-state index in [-0.39, 0.29) is 11.5 Å². The van der Waals surface area contributed by atoms with E-state index in [1.807, 2.05) is 0 Å². The Hall–Kier alpha value is -2.42. The molecule has 0 saturated carbocycles. The maximum absolute atomic E-state index is 9.55. The molecule has 4 rings (SSSR count). The Bertz CT molecular complexity index is 771. The number of hydrogen-bond acceptors (Lipinski definition) is 6. The summed E-state index contributed by atoms with van der Waals surface area (Å²) in [4.78, 5) is 19.1. The highest BCUT2D eigenvalue weighted by molar-refractivity contribution is 5.89.